The van der Waals surface area contributed by atoms with E-state index < -0.39 is 23.0 Å². The van der Waals surface area contributed by atoms with Gasteiger partial charge in [-0.3, -0.25) is 19.1 Å². The molecule has 188 valence electrons. The number of nitrogen functional groups attached to an aromatic ring is 1. The van der Waals surface area contributed by atoms with E-state index in [4.69, 9.17) is 5.73 Å². The molecule has 3 aromatic rings. The third-order valence-corrected chi connectivity index (χ3v) is 6.28. The molecule has 0 bridgehead atoms. The van der Waals surface area contributed by atoms with Crippen molar-refractivity contribution in [2.45, 2.75) is 38.6 Å². The Morgan fingerprint density at radius 1 is 1.08 bits per heavy atom. The molecule has 4 rings (SSSR count). The Morgan fingerprint density at radius 3 is 2.56 bits per heavy atom. The standard InChI is InChI=1S/C27H30FN5O3/c28-21-13-7-8-14-22(21)30-23(34)18-32(16-15-19-9-3-1-4-10-19)24-25(29)33(27(36)31-26(24)35)17-20-11-5-2-6-12-20/h2,5-9,11-14H,1,3-4,10,15-18,29H2,(H,30,34)(H,31,35,36). The zero-order valence-electron chi connectivity index (χ0n) is 20.0. The number of hydrogen-bond acceptors (Lipinski definition) is 5. The SMILES string of the molecule is Nc1c(N(CCC2=CCCCC2)CC(=O)Nc2ccccc2F)c(=O)[nH]c(=O)n1Cc1ccccc1. The number of aromatic amines is 1. The summed E-state index contributed by atoms with van der Waals surface area (Å²) in [6.45, 7) is 0.265. The zero-order valence-corrected chi connectivity index (χ0v) is 20.0. The van der Waals surface area contributed by atoms with Gasteiger partial charge in [0.2, 0.25) is 5.91 Å². The first-order chi connectivity index (χ1) is 17.4. The Morgan fingerprint density at radius 2 is 1.83 bits per heavy atom. The molecular weight excluding hydrogens is 461 g/mol. The number of nitrogens with two attached hydrogens (primary N) is 1. The van der Waals surface area contributed by atoms with Crippen LogP contribution in [-0.4, -0.2) is 28.5 Å². The van der Waals surface area contributed by atoms with E-state index in [9.17, 15) is 18.8 Å². The van der Waals surface area contributed by atoms with Crippen LogP contribution in [0.15, 0.2) is 75.8 Å². The van der Waals surface area contributed by atoms with Gasteiger partial charge in [-0.2, -0.15) is 0 Å². The van der Waals surface area contributed by atoms with Gasteiger partial charge in [0.25, 0.3) is 5.56 Å². The molecule has 36 heavy (non-hydrogen) atoms. The summed E-state index contributed by atoms with van der Waals surface area (Å²) in [5, 5.41) is 2.56. The Kier molecular flexibility index (Phi) is 7.99. The van der Waals surface area contributed by atoms with Crippen molar-refractivity contribution in [3.05, 3.63) is 98.5 Å². The summed E-state index contributed by atoms with van der Waals surface area (Å²) in [5.74, 6) is -1.08. The van der Waals surface area contributed by atoms with Crippen LogP contribution in [0.4, 0.5) is 21.6 Å². The minimum absolute atomic E-state index is 0.0241. The zero-order chi connectivity index (χ0) is 25.5. The molecule has 4 N–H and O–H groups in total. The molecule has 1 heterocycles. The molecule has 1 aromatic heterocycles. The monoisotopic (exact) mass is 491 g/mol. The molecule has 1 amide bonds. The molecule has 0 unspecified atom stereocenters. The fourth-order valence-electron chi connectivity index (χ4n) is 4.41. The van der Waals surface area contributed by atoms with Gasteiger partial charge in [-0.1, -0.05) is 54.1 Å². The summed E-state index contributed by atoms with van der Waals surface area (Å²) in [4.78, 5) is 42.4. The fourth-order valence-corrected chi connectivity index (χ4v) is 4.41. The molecule has 0 spiro atoms. The van der Waals surface area contributed by atoms with E-state index in [1.165, 1.54) is 28.3 Å². The normalized spacial score (nSPS) is 13.2. The second kappa shape index (κ2) is 11.5. The van der Waals surface area contributed by atoms with E-state index in [0.717, 1.165) is 31.2 Å². The lowest BCUT2D eigenvalue weighted by Gasteiger charge is -2.27. The predicted molar refractivity (Wildman–Crippen MR) is 140 cm³/mol. The van der Waals surface area contributed by atoms with Gasteiger partial charge < -0.3 is 16.0 Å². The van der Waals surface area contributed by atoms with E-state index in [1.54, 1.807) is 11.0 Å². The van der Waals surface area contributed by atoms with Gasteiger partial charge in [0, 0.05) is 6.54 Å². The van der Waals surface area contributed by atoms with Crippen LogP contribution in [0.1, 0.15) is 37.7 Å². The molecule has 0 saturated carbocycles. The number of carbonyl (C=O) groups is 1. The van der Waals surface area contributed by atoms with Gasteiger partial charge in [0.15, 0.2) is 0 Å². The molecular formula is C27H30FN5O3. The molecule has 0 fully saturated rings. The molecule has 1 aliphatic carbocycles. The second-order valence-corrected chi connectivity index (χ2v) is 8.87. The lowest BCUT2D eigenvalue weighted by Crippen LogP contribution is -2.42. The Bertz CT molecular complexity index is 1360. The van der Waals surface area contributed by atoms with Crippen LogP contribution in [0.25, 0.3) is 0 Å². The van der Waals surface area contributed by atoms with E-state index >= 15 is 0 Å². The molecule has 0 aliphatic heterocycles. The summed E-state index contributed by atoms with van der Waals surface area (Å²) >= 11 is 0. The first kappa shape index (κ1) is 25.0. The van der Waals surface area contributed by atoms with Crippen LogP contribution < -0.4 is 27.2 Å². The van der Waals surface area contributed by atoms with Gasteiger partial charge in [-0.25, -0.2) is 9.18 Å². The highest BCUT2D eigenvalue weighted by atomic mass is 19.1. The first-order valence-corrected chi connectivity index (χ1v) is 12.1. The third kappa shape index (κ3) is 6.10. The number of aromatic nitrogens is 2. The van der Waals surface area contributed by atoms with Crippen molar-refractivity contribution in [3.63, 3.8) is 0 Å². The Balaban J connectivity index is 1.65. The lowest BCUT2D eigenvalue weighted by molar-refractivity contribution is -0.115. The molecule has 2 aromatic carbocycles. The summed E-state index contributed by atoms with van der Waals surface area (Å²) in [5.41, 5.74) is 7.28. The van der Waals surface area contributed by atoms with Gasteiger partial charge in [-0.15, -0.1) is 0 Å². The molecule has 0 atom stereocenters. The van der Waals surface area contributed by atoms with E-state index in [2.05, 4.69) is 16.4 Å². The van der Waals surface area contributed by atoms with Crippen LogP contribution in [-0.2, 0) is 11.3 Å². The number of benzene rings is 2. The number of amides is 1. The first-order valence-electron chi connectivity index (χ1n) is 12.1. The van der Waals surface area contributed by atoms with Crippen molar-refractivity contribution in [1.29, 1.82) is 0 Å². The highest BCUT2D eigenvalue weighted by Crippen LogP contribution is 2.23. The predicted octanol–water partition coefficient (Wildman–Crippen LogP) is 3.64. The fraction of sp³-hybridized carbons (Fsp3) is 0.296. The van der Waals surface area contributed by atoms with Crippen LogP contribution in [0.3, 0.4) is 0 Å². The van der Waals surface area contributed by atoms with Crippen molar-refractivity contribution in [1.82, 2.24) is 9.55 Å². The number of anilines is 3. The number of H-pyrrole nitrogens is 1. The number of rotatable bonds is 9. The second-order valence-electron chi connectivity index (χ2n) is 8.87. The molecule has 8 nitrogen and oxygen atoms in total. The van der Waals surface area contributed by atoms with Gasteiger partial charge in [0.1, 0.15) is 17.3 Å². The number of halogens is 1. The summed E-state index contributed by atoms with van der Waals surface area (Å²) in [6, 6.07) is 15.1. The molecule has 0 radical (unpaired) electrons. The quantitative estimate of drug-likeness (QED) is 0.396. The van der Waals surface area contributed by atoms with E-state index in [-0.39, 0.29) is 30.3 Å². The van der Waals surface area contributed by atoms with Crippen LogP contribution in [0.5, 0.6) is 0 Å². The number of nitrogens with zero attached hydrogens (tertiary/aromatic N) is 2. The summed E-state index contributed by atoms with van der Waals surface area (Å²) in [6.07, 6.45) is 7.07. The Hall–Kier alpha value is -4.14. The van der Waals surface area contributed by atoms with Crippen LogP contribution >= 0.6 is 0 Å². The highest BCUT2D eigenvalue weighted by Gasteiger charge is 2.22. The number of allylic oxidation sites excluding steroid dienone is 1. The maximum Gasteiger partial charge on any atom is 0.330 e. The van der Waals surface area contributed by atoms with Crippen molar-refractivity contribution in [3.8, 4) is 0 Å². The van der Waals surface area contributed by atoms with E-state index in [0.29, 0.717) is 13.0 Å². The van der Waals surface area contributed by atoms with Crippen molar-refractivity contribution in [2.75, 3.05) is 29.0 Å². The van der Waals surface area contributed by atoms with Gasteiger partial charge in [-0.05, 0) is 49.8 Å². The molecule has 1 aliphatic rings. The van der Waals surface area contributed by atoms with Crippen molar-refractivity contribution >= 4 is 23.1 Å². The third-order valence-electron chi connectivity index (χ3n) is 6.28. The number of para-hydroxylation sites is 1. The number of carbonyl (C=O) groups excluding carboxylic acids is 1. The average Bonchev–Trinajstić information content (AvgIpc) is 2.87. The minimum Gasteiger partial charge on any atom is -0.383 e. The lowest BCUT2D eigenvalue weighted by atomic mass is 9.97. The van der Waals surface area contributed by atoms with Crippen molar-refractivity contribution in [2.24, 2.45) is 0 Å². The maximum atomic E-state index is 14.1. The highest BCUT2D eigenvalue weighted by molar-refractivity contribution is 5.94. The van der Waals surface area contributed by atoms with Crippen LogP contribution in [0.2, 0.25) is 0 Å². The smallest absolute Gasteiger partial charge is 0.330 e. The number of nitrogens with one attached hydrogen (secondary N) is 2. The topological polar surface area (TPSA) is 113 Å². The van der Waals surface area contributed by atoms with Crippen LogP contribution in [0, 0.1) is 5.82 Å². The van der Waals surface area contributed by atoms with Crippen molar-refractivity contribution < 1.29 is 9.18 Å². The van der Waals surface area contributed by atoms with Gasteiger partial charge in [0.05, 0.1) is 18.8 Å². The summed E-state index contributed by atoms with van der Waals surface area (Å²) in [7, 11) is 0. The largest absolute Gasteiger partial charge is 0.383 e. The molecule has 0 saturated heterocycles. The maximum absolute atomic E-state index is 14.1. The average molecular weight is 492 g/mol. The van der Waals surface area contributed by atoms with E-state index in [1.807, 2.05) is 30.3 Å². The number of hydrogen-bond donors (Lipinski definition) is 3. The molecule has 9 heteroatoms. The van der Waals surface area contributed by atoms with Gasteiger partial charge >= 0.3 is 5.69 Å². The minimum atomic E-state index is -0.668. The summed E-state index contributed by atoms with van der Waals surface area (Å²) < 4.78 is 15.4. The Labute approximate surface area is 208 Å².